The van der Waals surface area contributed by atoms with Crippen molar-refractivity contribution >= 4 is 16.0 Å². The Kier molecular flexibility index (Phi) is 4.97. The van der Waals surface area contributed by atoms with Crippen LogP contribution >= 0.6 is 0 Å². The lowest BCUT2D eigenvalue weighted by atomic mass is 10.3. The van der Waals surface area contributed by atoms with Gasteiger partial charge < -0.3 is 4.74 Å². The van der Waals surface area contributed by atoms with E-state index in [1.807, 2.05) is 0 Å². The van der Waals surface area contributed by atoms with Gasteiger partial charge in [-0.1, -0.05) is 0 Å². The molecule has 0 spiro atoms. The number of nitriles is 1. The molecule has 0 saturated carbocycles. The highest BCUT2D eigenvalue weighted by molar-refractivity contribution is 7.89. The predicted octanol–water partition coefficient (Wildman–Crippen LogP) is 0.183. The number of pyridine rings is 1. The third-order valence-corrected chi connectivity index (χ3v) is 3.84. The molecule has 0 fully saturated rings. The van der Waals surface area contributed by atoms with E-state index in [2.05, 4.69) is 14.4 Å². The van der Waals surface area contributed by atoms with Crippen LogP contribution in [-0.2, 0) is 19.6 Å². The van der Waals surface area contributed by atoms with Crippen molar-refractivity contribution in [2.24, 2.45) is 0 Å². The summed E-state index contributed by atoms with van der Waals surface area (Å²) in [4.78, 5) is 14.5. The van der Waals surface area contributed by atoms with Crippen molar-refractivity contribution in [1.29, 1.82) is 5.26 Å². The second kappa shape index (κ2) is 6.26. The number of ether oxygens (including phenoxy) is 1. The van der Waals surface area contributed by atoms with Crippen molar-refractivity contribution in [2.75, 3.05) is 7.11 Å². The number of hydrogen-bond acceptors (Lipinski definition) is 6. The van der Waals surface area contributed by atoms with E-state index in [1.54, 1.807) is 6.07 Å². The Morgan fingerprint density at radius 1 is 1.63 bits per heavy atom. The largest absolute Gasteiger partial charge is 0.469 e. The van der Waals surface area contributed by atoms with Gasteiger partial charge in [-0.3, -0.25) is 4.79 Å². The molecular weight excluding hydrogens is 270 g/mol. The fourth-order valence-corrected chi connectivity index (χ4v) is 2.75. The molecule has 0 radical (unpaired) electrons. The molecule has 1 aromatic heterocycles. The van der Waals surface area contributed by atoms with Gasteiger partial charge in [0.05, 0.1) is 13.5 Å². The van der Waals surface area contributed by atoms with E-state index in [0.717, 1.165) is 0 Å². The van der Waals surface area contributed by atoms with Crippen molar-refractivity contribution in [1.82, 2.24) is 9.71 Å². The van der Waals surface area contributed by atoms with Crippen LogP contribution in [0.3, 0.4) is 0 Å². The molecule has 7 nitrogen and oxygen atoms in total. The molecule has 8 heteroatoms. The Balaban J connectivity index is 2.93. The number of rotatable bonds is 5. The topological polar surface area (TPSA) is 109 Å². The van der Waals surface area contributed by atoms with Crippen LogP contribution < -0.4 is 4.72 Å². The molecule has 1 N–H and O–H groups in total. The van der Waals surface area contributed by atoms with Crippen LogP contribution in [-0.4, -0.2) is 32.5 Å². The second-order valence-corrected chi connectivity index (χ2v) is 5.45. The summed E-state index contributed by atoms with van der Waals surface area (Å²) in [5.74, 6) is -0.526. The minimum Gasteiger partial charge on any atom is -0.469 e. The molecule has 0 saturated heterocycles. The van der Waals surface area contributed by atoms with Gasteiger partial charge in [-0.2, -0.15) is 5.26 Å². The average molecular weight is 283 g/mol. The summed E-state index contributed by atoms with van der Waals surface area (Å²) in [6.07, 6.45) is 1.23. The standard InChI is InChI=1S/C11H13N3O4S/c1-8(6-11(15)18-2)14-19(16,17)10-4-3-5-13-9(10)7-12/h3-5,8,14H,6H2,1-2H3. The molecule has 1 atom stereocenters. The minimum absolute atomic E-state index is 0.0993. The smallest absolute Gasteiger partial charge is 0.307 e. The summed E-state index contributed by atoms with van der Waals surface area (Å²) < 4.78 is 30.8. The zero-order valence-corrected chi connectivity index (χ0v) is 11.3. The molecule has 0 aliphatic carbocycles. The zero-order chi connectivity index (χ0) is 14.5. The summed E-state index contributed by atoms with van der Waals surface area (Å²) in [6, 6.07) is 3.75. The second-order valence-electron chi connectivity index (χ2n) is 3.76. The highest BCUT2D eigenvalue weighted by Gasteiger charge is 2.22. The summed E-state index contributed by atoms with van der Waals surface area (Å²) in [6.45, 7) is 1.52. The van der Waals surface area contributed by atoms with E-state index < -0.39 is 22.0 Å². The fraction of sp³-hybridized carbons (Fsp3) is 0.364. The van der Waals surface area contributed by atoms with Gasteiger partial charge in [-0.05, 0) is 19.1 Å². The number of hydrogen-bond donors (Lipinski definition) is 1. The number of carbonyl (C=O) groups is 1. The van der Waals surface area contributed by atoms with Gasteiger partial charge in [0.1, 0.15) is 11.0 Å². The molecule has 0 amide bonds. The molecule has 19 heavy (non-hydrogen) atoms. The summed E-state index contributed by atoms with van der Waals surface area (Å²) >= 11 is 0. The Bertz CT molecular complexity index is 607. The normalized spacial score (nSPS) is 12.5. The van der Waals surface area contributed by atoms with E-state index in [-0.39, 0.29) is 17.0 Å². The van der Waals surface area contributed by atoms with Crippen molar-refractivity contribution < 1.29 is 17.9 Å². The molecular formula is C11H13N3O4S. The van der Waals surface area contributed by atoms with E-state index >= 15 is 0 Å². The first kappa shape index (κ1) is 15.1. The summed E-state index contributed by atoms with van der Waals surface area (Å²) in [5.41, 5.74) is -0.194. The minimum atomic E-state index is -3.90. The Labute approximate surface area is 111 Å². The Hall–Kier alpha value is -1.98. The van der Waals surface area contributed by atoms with E-state index in [9.17, 15) is 13.2 Å². The lowest BCUT2D eigenvalue weighted by Gasteiger charge is -2.13. The maximum absolute atomic E-state index is 12.0. The maximum atomic E-state index is 12.0. The van der Waals surface area contributed by atoms with Crippen molar-refractivity contribution in [3.05, 3.63) is 24.0 Å². The van der Waals surface area contributed by atoms with Crippen molar-refractivity contribution in [3.8, 4) is 6.07 Å². The first-order valence-corrected chi connectivity index (χ1v) is 6.83. The predicted molar refractivity (Wildman–Crippen MR) is 65.4 cm³/mol. The van der Waals surface area contributed by atoms with Gasteiger partial charge in [0, 0.05) is 12.2 Å². The van der Waals surface area contributed by atoms with Crippen LogP contribution in [0.2, 0.25) is 0 Å². The van der Waals surface area contributed by atoms with Crippen molar-refractivity contribution in [3.63, 3.8) is 0 Å². The quantitative estimate of drug-likeness (QED) is 0.772. The Morgan fingerprint density at radius 2 is 2.32 bits per heavy atom. The number of esters is 1. The monoisotopic (exact) mass is 283 g/mol. The number of sulfonamides is 1. The number of nitrogens with one attached hydrogen (secondary N) is 1. The van der Waals surface area contributed by atoms with Crippen LogP contribution in [0.4, 0.5) is 0 Å². The van der Waals surface area contributed by atoms with Crippen molar-refractivity contribution in [2.45, 2.75) is 24.3 Å². The van der Waals surface area contributed by atoms with Gasteiger partial charge in [0.15, 0.2) is 5.69 Å². The number of carbonyl (C=O) groups excluding carboxylic acids is 1. The number of aromatic nitrogens is 1. The van der Waals surface area contributed by atoms with Gasteiger partial charge in [0.25, 0.3) is 0 Å². The molecule has 1 heterocycles. The number of methoxy groups -OCH3 is 1. The molecule has 1 aromatic rings. The molecule has 102 valence electrons. The van der Waals surface area contributed by atoms with Gasteiger partial charge in [0.2, 0.25) is 10.0 Å². The maximum Gasteiger partial charge on any atom is 0.307 e. The number of nitrogens with zero attached hydrogens (tertiary/aromatic N) is 2. The van der Waals surface area contributed by atoms with Gasteiger partial charge in [-0.15, -0.1) is 0 Å². The summed E-state index contributed by atoms with van der Waals surface area (Å²) in [5, 5.41) is 8.82. The average Bonchev–Trinajstić information content (AvgIpc) is 2.37. The first-order valence-electron chi connectivity index (χ1n) is 5.35. The summed E-state index contributed by atoms with van der Waals surface area (Å²) in [7, 11) is -2.68. The lowest BCUT2D eigenvalue weighted by molar-refractivity contribution is -0.140. The molecule has 0 aliphatic rings. The van der Waals surface area contributed by atoms with Crippen LogP contribution in [0.5, 0.6) is 0 Å². The SMILES string of the molecule is COC(=O)CC(C)NS(=O)(=O)c1cccnc1C#N. The van der Waals surface area contributed by atoms with Crippen LogP contribution in [0.15, 0.2) is 23.2 Å². The lowest BCUT2D eigenvalue weighted by Crippen LogP contribution is -2.35. The first-order chi connectivity index (χ1) is 8.90. The van der Waals surface area contributed by atoms with E-state index in [4.69, 9.17) is 5.26 Å². The van der Waals surface area contributed by atoms with Gasteiger partial charge in [-0.25, -0.2) is 18.1 Å². The molecule has 1 unspecified atom stereocenters. The van der Waals surface area contributed by atoms with E-state index in [1.165, 1.54) is 32.4 Å². The van der Waals surface area contributed by atoms with Crippen LogP contribution in [0.1, 0.15) is 19.0 Å². The van der Waals surface area contributed by atoms with Crippen LogP contribution in [0.25, 0.3) is 0 Å². The highest BCUT2D eigenvalue weighted by atomic mass is 32.2. The third-order valence-electron chi connectivity index (χ3n) is 2.22. The molecule has 0 bridgehead atoms. The zero-order valence-electron chi connectivity index (χ0n) is 10.5. The molecule has 0 aliphatic heterocycles. The molecule has 1 rings (SSSR count). The highest BCUT2D eigenvalue weighted by Crippen LogP contribution is 2.12. The third kappa shape index (κ3) is 4.01. The van der Waals surface area contributed by atoms with Gasteiger partial charge >= 0.3 is 5.97 Å². The fourth-order valence-electron chi connectivity index (χ4n) is 1.39. The van der Waals surface area contributed by atoms with E-state index in [0.29, 0.717) is 0 Å². The van der Waals surface area contributed by atoms with Crippen LogP contribution in [0, 0.1) is 11.3 Å². The Morgan fingerprint density at radius 3 is 2.89 bits per heavy atom. The molecule has 0 aromatic carbocycles.